The van der Waals surface area contributed by atoms with Gasteiger partial charge in [-0.05, 0) is 42.7 Å². The predicted octanol–water partition coefficient (Wildman–Crippen LogP) is 2.73. The lowest BCUT2D eigenvalue weighted by atomic mass is 10.1. The van der Waals surface area contributed by atoms with Gasteiger partial charge in [0.05, 0.1) is 29.6 Å². The number of thiazole rings is 1. The summed E-state index contributed by atoms with van der Waals surface area (Å²) in [6.07, 6.45) is 4.43. The summed E-state index contributed by atoms with van der Waals surface area (Å²) in [6, 6.07) is 7.73. The second-order valence-electron chi connectivity index (χ2n) is 6.79. The smallest absolute Gasteiger partial charge is 0.244 e. The number of likely N-dealkylation sites (N-methyl/N-ethyl adjacent to an activating group) is 1. The molecule has 148 valence electrons. The van der Waals surface area contributed by atoms with Gasteiger partial charge < -0.3 is 0 Å². The third kappa shape index (κ3) is 4.54. The molecule has 0 saturated carbocycles. The van der Waals surface area contributed by atoms with Gasteiger partial charge in [0.15, 0.2) is 5.13 Å². The summed E-state index contributed by atoms with van der Waals surface area (Å²) in [4.78, 5) is 23.3. The van der Waals surface area contributed by atoms with Crippen LogP contribution in [-0.2, 0) is 21.4 Å². The zero-order chi connectivity index (χ0) is 20.5. The Kier molecular flexibility index (Phi) is 5.78. The summed E-state index contributed by atoms with van der Waals surface area (Å²) in [6.45, 7) is 4.03. The second-order valence-corrected chi connectivity index (χ2v) is 9.85. The van der Waals surface area contributed by atoms with Crippen molar-refractivity contribution >= 4 is 42.6 Å². The van der Waals surface area contributed by atoms with E-state index in [-0.39, 0.29) is 19.0 Å². The van der Waals surface area contributed by atoms with Crippen LogP contribution in [0.25, 0.3) is 10.2 Å². The maximum absolute atomic E-state index is 13.0. The van der Waals surface area contributed by atoms with Gasteiger partial charge in [0, 0.05) is 19.4 Å². The highest BCUT2D eigenvalue weighted by Crippen LogP contribution is 2.33. The largest absolute Gasteiger partial charge is 0.282 e. The van der Waals surface area contributed by atoms with Crippen molar-refractivity contribution in [2.75, 3.05) is 24.7 Å². The van der Waals surface area contributed by atoms with Crippen LogP contribution in [0.4, 0.5) is 5.13 Å². The van der Waals surface area contributed by atoms with Crippen LogP contribution in [0.2, 0.25) is 0 Å². The number of nitrogens with zero attached hydrogens (tertiary/aromatic N) is 4. The van der Waals surface area contributed by atoms with Gasteiger partial charge in [-0.3, -0.25) is 14.7 Å². The molecule has 1 amide bonds. The molecule has 0 spiro atoms. The van der Waals surface area contributed by atoms with E-state index in [2.05, 4.69) is 16.0 Å². The minimum absolute atomic E-state index is 0.257. The van der Waals surface area contributed by atoms with Crippen LogP contribution in [0.1, 0.15) is 16.7 Å². The molecule has 0 aliphatic carbocycles. The highest BCUT2D eigenvalue weighted by Gasteiger charge is 2.24. The van der Waals surface area contributed by atoms with Crippen LogP contribution >= 0.6 is 11.3 Å². The van der Waals surface area contributed by atoms with E-state index in [1.165, 1.54) is 23.3 Å². The Labute approximate surface area is 168 Å². The fourth-order valence-electron chi connectivity index (χ4n) is 2.81. The zero-order valence-electron chi connectivity index (χ0n) is 16.2. The van der Waals surface area contributed by atoms with Crippen molar-refractivity contribution in [3.63, 3.8) is 0 Å². The molecule has 28 heavy (non-hydrogen) atoms. The molecule has 0 unspecified atom stereocenters. The van der Waals surface area contributed by atoms with Gasteiger partial charge in [-0.15, -0.1) is 0 Å². The summed E-state index contributed by atoms with van der Waals surface area (Å²) in [7, 11) is -2.08. The summed E-state index contributed by atoms with van der Waals surface area (Å²) in [5.41, 5.74) is 3.87. The zero-order valence-corrected chi connectivity index (χ0v) is 17.8. The third-order valence-electron chi connectivity index (χ3n) is 4.33. The molecule has 3 rings (SSSR count). The number of rotatable bonds is 6. The molecular weight excluding hydrogens is 396 g/mol. The van der Waals surface area contributed by atoms with Crippen molar-refractivity contribution in [2.24, 2.45) is 0 Å². The molecule has 0 fully saturated rings. The van der Waals surface area contributed by atoms with Crippen molar-refractivity contribution in [3.05, 3.63) is 53.3 Å². The van der Waals surface area contributed by atoms with Crippen molar-refractivity contribution in [1.82, 2.24) is 14.3 Å². The molecule has 0 aliphatic heterocycles. The van der Waals surface area contributed by atoms with Crippen LogP contribution in [0.5, 0.6) is 0 Å². The number of carbonyl (C=O) groups excluding carboxylic acids is 1. The van der Waals surface area contributed by atoms with E-state index in [4.69, 9.17) is 0 Å². The number of hydrogen-bond donors (Lipinski definition) is 0. The van der Waals surface area contributed by atoms with E-state index >= 15 is 0 Å². The van der Waals surface area contributed by atoms with Crippen LogP contribution in [0.15, 0.2) is 36.7 Å². The molecule has 2 aromatic heterocycles. The molecule has 0 radical (unpaired) electrons. The molecule has 0 aliphatic rings. The molecular formula is C19H22N4O3S2. The number of hydrogen-bond acceptors (Lipinski definition) is 6. The van der Waals surface area contributed by atoms with Gasteiger partial charge in [-0.1, -0.05) is 23.5 Å². The van der Waals surface area contributed by atoms with Gasteiger partial charge >= 0.3 is 0 Å². The van der Waals surface area contributed by atoms with Crippen molar-refractivity contribution in [2.45, 2.75) is 20.4 Å². The minimum Gasteiger partial charge on any atom is -0.282 e. The summed E-state index contributed by atoms with van der Waals surface area (Å²) in [5, 5.41) is 0.541. The number of aryl methyl sites for hydroxylation is 2. The number of sulfonamides is 1. The lowest BCUT2D eigenvalue weighted by molar-refractivity contribution is -0.118. The highest BCUT2D eigenvalue weighted by atomic mass is 32.2. The number of amides is 1. The number of aromatic nitrogens is 2. The summed E-state index contributed by atoms with van der Waals surface area (Å²) in [5.74, 6) is -0.342. The summed E-state index contributed by atoms with van der Waals surface area (Å²) >= 11 is 1.43. The van der Waals surface area contributed by atoms with Gasteiger partial charge in [0.25, 0.3) is 0 Å². The Hall–Kier alpha value is -2.36. The lowest BCUT2D eigenvalue weighted by Gasteiger charge is -2.22. The fourth-order valence-corrected chi connectivity index (χ4v) is 4.19. The summed E-state index contributed by atoms with van der Waals surface area (Å²) < 4.78 is 25.5. The molecule has 0 bridgehead atoms. The standard InChI is InChI=1S/C19H22N4O3S2/c1-13-8-14(2)18-16(9-13)21-19(27-18)23(11-15-6-5-7-20-10-15)17(24)12-22(3)28(4,25)26/h5-10H,11-12H2,1-4H3. The van der Waals surface area contributed by atoms with Gasteiger partial charge in [0.1, 0.15) is 0 Å². The molecule has 3 aromatic rings. The number of fused-ring (bicyclic) bond motifs is 1. The Bertz CT molecular complexity index is 1110. The molecule has 1 aromatic carbocycles. The number of carbonyl (C=O) groups is 1. The Morgan fingerprint density at radius 2 is 2.00 bits per heavy atom. The first-order chi connectivity index (χ1) is 13.1. The second kappa shape index (κ2) is 7.94. The van der Waals surface area contributed by atoms with Crippen molar-refractivity contribution < 1.29 is 13.2 Å². The third-order valence-corrected chi connectivity index (χ3v) is 6.82. The van der Waals surface area contributed by atoms with E-state index in [1.807, 2.05) is 26.0 Å². The van der Waals surface area contributed by atoms with E-state index in [1.54, 1.807) is 18.5 Å². The average Bonchev–Trinajstić information content (AvgIpc) is 3.03. The first kappa shape index (κ1) is 20.4. The van der Waals surface area contributed by atoms with E-state index in [9.17, 15) is 13.2 Å². The average molecular weight is 419 g/mol. The van der Waals surface area contributed by atoms with Crippen LogP contribution in [0.3, 0.4) is 0 Å². The Morgan fingerprint density at radius 1 is 1.25 bits per heavy atom. The maximum Gasteiger partial charge on any atom is 0.244 e. The van der Waals surface area contributed by atoms with Crippen molar-refractivity contribution in [1.29, 1.82) is 0 Å². The predicted molar refractivity (Wildman–Crippen MR) is 112 cm³/mol. The SMILES string of the molecule is Cc1cc(C)c2sc(N(Cc3cccnc3)C(=O)CN(C)S(C)(=O)=O)nc2c1. The first-order valence-electron chi connectivity index (χ1n) is 8.63. The number of anilines is 1. The number of benzene rings is 1. The quantitative estimate of drug-likeness (QED) is 0.615. The van der Waals surface area contributed by atoms with Gasteiger partial charge in [-0.2, -0.15) is 4.31 Å². The molecule has 0 saturated heterocycles. The minimum atomic E-state index is -3.47. The van der Waals surface area contributed by atoms with E-state index < -0.39 is 10.0 Å². The molecule has 7 nitrogen and oxygen atoms in total. The Balaban J connectivity index is 2.00. The molecule has 0 N–H and O–H groups in total. The van der Waals surface area contributed by atoms with Crippen molar-refractivity contribution in [3.8, 4) is 0 Å². The monoisotopic (exact) mass is 418 g/mol. The first-order valence-corrected chi connectivity index (χ1v) is 11.3. The lowest BCUT2D eigenvalue weighted by Crippen LogP contribution is -2.40. The highest BCUT2D eigenvalue weighted by molar-refractivity contribution is 7.88. The number of pyridine rings is 1. The van der Waals surface area contributed by atoms with Crippen LogP contribution < -0.4 is 4.90 Å². The molecule has 2 heterocycles. The van der Waals surface area contributed by atoms with Gasteiger partial charge in [0.2, 0.25) is 15.9 Å². The Morgan fingerprint density at radius 3 is 2.64 bits per heavy atom. The van der Waals surface area contributed by atoms with E-state index in [0.717, 1.165) is 37.5 Å². The normalized spacial score (nSPS) is 11.9. The fraction of sp³-hybridized carbons (Fsp3) is 0.316. The molecule has 0 atom stereocenters. The topological polar surface area (TPSA) is 83.5 Å². The van der Waals surface area contributed by atoms with Crippen LogP contribution in [-0.4, -0.2) is 48.4 Å². The molecule has 9 heteroatoms. The van der Waals surface area contributed by atoms with Gasteiger partial charge in [-0.25, -0.2) is 13.4 Å². The van der Waals surface area contributed by atoms with Crippen LogP contribution in [0, 0.1) is 13.8 Å². The van der Waals surface area contributed by atoms with E-state index in [0.29, 0.717) is 5.13 Å². The maximum atomic E-state index is 13.0.